The van der Waals surface area contributed by atoms with Gasteiger partial charge in [-0.05, 0) is 29.9 Å². The molecule has 0 spiro atoms. The van der Waals surface area contributed by atoms with Crippen LogP contribution in [0, 0.1) is 6.92 Å². The molecule has 3 nitrogen and oxygen atoms in total. The van der Waals surface area contributed by atoms with E-state index in [0.29, 0.717) is 16.5 Å². The fourth-order valence-electron chi connectivity index (χ4n) is 2.58. The number of hydrogen-bond acceptors (Lipinski definition) is 4. The van der Waals surface area contributed by atoms with Crippen LogP contribution < -0.4 is 5.32 Å². The van der Waals surface area contributed by atoms with Gasteiger partial charge < -0.3 is 5.32 Å². The van der Waals surface area contributed by atoms with Crippen LogP contribution in [0.3, 0.4) is 0 Å². The van der Waals surface area contributed by atoms with E-state index in [2.05, 4.69) is 70.8 Å². The van der Waals surface area contributed by atoms with Crippen LogP contribution in [0.25, 0.3) is 0 Å². The number of aromatic nitrogens is 2. The number of nitrogens with one attached hydrogen (secondary N) is 1. The van der Waals surface area contributed by atoms with Crippen molar-refractivity contribution in [3.8, 4) is 0 Å². The summed E-state index contributed by atoms with van der Waals surface area (Å²) >= 11 is 7.89. The first-order valence-electron chi connectivity index (χ1n) is 6.63. The number of halogens is 1. The maximum atomic E-state index is 4.49. The minimum atomic E-state index is 0.499. The van der Waals surface area contributed by atoms with Gasteiger partial charge in [-0.15, -0.1) is 0 Å². The second-order valence-corrected chi connectivity index (χ2v) is 8.54. The van der Waals surface area contributed by atoms with Crippen molar-refractivity contribution in [2.45, 2.75) is 36.8 Å². The molecular formula is C13H22BrN3S2. The van der Waals surface area contributed by atoms with Gasteiger partial charge in [0.05, 0.1) is 15.9 Å². The van der Waals surface area contributed by atoms with Crippen molar-refractivity contribution in [3.05, 3.63) is 15.9 Å². The van der Waals surface area contributed by atoms with E-state index in [1.807, 2.05) is 11.7 Å². The van der Waals surface area contributed by atoms with E-state index in [4.69, 9.17) is 0 Å². The molecule has 0 bridgehead atoms. The summed E-state index contributed by atoms with van der Waals surface area (Å²) in [6.07, 6.45) is 1.02. The maximum absolute atomic E-state index is 4.49. The molecule has 0 amide bonds. The Morgan fingerprint density at radius 1 is 1.47 bits per heavy atom. The molecule has 6 heteroatoms. The first-order chi connectivity index (χ1) is 9.04. The fourth-order valence-corrected chi connectivity index (χ4v) is 6.08. The highest BCUT2D eigenvalue weighted by molar-refractivity contribution is 9.10. The van der Waals surface area contributed by atoms with Crippen LogP contribution in [0.2, 0.25) is 0 Å². The van der Waals surface area contributed by atoms with Crippen molar-refractivity contribution in [2.75, 3.05) is 18.6 Å². The molecule has 3 atom stereocenters. The van der Waals surface area contributed by atoms with Crippen molar-refractivity contribution < 1.29 is 0 Å². The highest BCUT2D eigenvalue weighted by Gasteiger charge is 2.30. The highest BCUT2D eigenvalue weighted by atomic mass is 79.9. The van der Waals surface area contributed by atoms with Crippen LogP contribution in [-0.4, -0.2) is 44.9 Å². The third-order valence-corrected chi connectivity index (χ3v) is 7.96. The van der Waals surface area contributed by atoms with Gasteiger partial charge in [-0.3, -0.25) is 4.68 Å². The first-order valence-corrected chi connectivity index (χ1v) is 9.52. The maximum Gasteiger partial charge on any atom is 0.0738 e. The van der Waals surface area contributed by atoms with Gasteiger partial charge in [0, 0.05) is 41.5 Å². The summed E-state index contributed by atoms with van der Waals surface area (Å²) in [5, 5.41) is 9.39. The lowest BCUT2D eigenvalue weighted by Gasteiger charge is -2.34. The normalized spacial score (nSPS) is 25.5. The molecular weight excluding hydrogens is 342 g/mol. The average molecular weight is 364 g/mol. The Labute approximate surface area is 132 Å². The summed E-state index contributed by atoms with van der Waals surface area (Å²) in [5.41, 5.74) is 2.37. The molecule has 1 aromatic rings. The van der Waals surface area contributed by atoms with Crippen molar-refractivity contribution in [3.63, 3.8) is 0 Å². The molecule has 1 aromatic heterocycles. The Morgan fingerprint density at radius 2 is 2.16 bits per heavy atom. The Hall–Kier alpha value is 0.350. The minimum absolute atomic E-state index is 0.499. The molecule has 0 radical (unpaired) electrons. The quantitative estimate of drug-likeness (QED) is 0.890. The molecule has 1 N–H and O–H groups in total. The SMILES string of the molecule is CNC(Cc1c(Br)c(C)nn1C)C1SCCSC1C. The topological polar surface area (TPSA) is 29.9 Å². The highest BCUT2D eigenvalue weighted by Crippen LogP contribution is 2.34. The number of nitrogens with zero attached hydrogens (tertiary/aromatic N) is 2. The smallest absolute Gasteiger partial charge is 0.0738 e. The van der Waals surface area contributed by atoms with Crippen molar-refractivity contribution in [1.29, 1.82) is 0 Å². The zero-order chi connectivity index (χ0) is 14.0. The number of aryl methyl sites for hydroxylation is 2. The molecule has 0 saturated carbocycles. The van der Waals surface area contributed by atoms with E-state index >= 15 is 0 Å². The average Bonchev–Trinajstić information content (AvgIpc) is 2.63. The third kappa shape index (κ3) is 3.52. The Morgan fingerprint density at radius 3 is 2.68 bits per heavy atom. The largest absolute Gasteiger partial charge is 0.315 e. The predicted octanol–water partition coefficient (Wildman–Crippen LogP) is 2.86. The zero-order valence-electron chi connectivity index (χ0n) is 11.9. The third-order valence-electron chi connectivity index (χ3n) is 3.68. The van der Waals surface area contributed by atoms with E-state index < -0.39 is 0 Å². The van der Waals surface area contributed by atoms with Crippen molar-refractivity contribution in [2.24, 2.45) is 7.05 Å². The van der Waals surface area contributed by atoms with Crippen LogP contribution in [0.1, 0.15) is 18.3 Å². The molecule has 0 aliphatic carbocycles. The Bertz CT molecular complexity index is 436. The fraction of sp³-hybridized carbons (Fsp3) is 0.769. The lowest BCUT2D eigenvalue weighted by atomic mass is 10.1. The van der Waals surface area contributed by atoms with Gasteiger partial charge in [-0.25, -0.2) is 0 Å². The van der Waals surface area contributed by atoms with Crippen LogP contribution in [0.15, 0.2) is 4.47 Å². The van der Waals surface area contributed by atoms with E-state index in [0.717, 1.165) is 16.6 Å². The molecule has 108 valence electrons. The molecule has 1 fully saturated rings. The number of likely N-dealkylation sites (N-methyl/N-ethyl adjacent to an activating group) is 1. The summed E-state index contributed by atoms with van der Waals surface area (Å²) < 4.78 is 3.17. The predicted molar refractivity (Wildman–Crippen MR) is 90.4 cm³/mol. The van der Waals surface area contributed by atoms with Crippen LogP contribution in [0.4, 0.5) is 0 Å². The van der Waals surface area contributed by atoms with Gasteiger partial charge >= 0.3 is 0 Å². The molecule has 19 heavy (non-hydrogen) atoms. The van der Waals surface area contributed by atoms with E-state index in [9.17, 15) is 0 Å². The van der Waals surface area contributed by atoms with Gasteiger partial charge in [0.1, 0.15) is 0 Å². The van der Waals surface area contributed by atoms with E-state index in [1.54, 1.807) is 0 Å². The Kier molecular flexibility index (Phi) is 5.69. The number of rotatable bonds is 4. The second-order valence-electron chi connectivity index (χ2n) is 4.98. The monoisotopic (exact) mass is 363 g/mol. The van der Waals surface area contributed by atoms with Crippen LogP contribution >= 0.6 is 39.5 Å². The summed E-state index contributed by atoms with van der Waals surface area (Å²) in [4.78, 5) is 0. The molecule has 1 aliphatic heterocycles. The van der Waals surface area contributed by atoms with Gasteiger partial charge in [-0.2, -0.15) is 28.6 Å². The Balaban J connectivity index is 2.14. The van der Waals surface area contributed by atoms with E-state index in [-0.39, 0.29) is 0 Å². The first kappa shape index (κ1) is 15.7. The van der Waals surface area contributed by atoms with Gasteiger partial charge in [0.15, 0.2) is 0 Å². The summed E-state index contributed by atoms with van der Waals surface area (Å²) in [5.74, 6) is 2.55. The van der Waals surface area contributed by atoms with Crippen molar-refractivity contribution in [1.82, 2.24) is 15.1 Å². The molecule has 1 aliphatic rings. The standard InChI is InChI=1S/C13H22BrN3S2/c1-8-12(14)11(17(4)16-8)7-10(15-3)13-9(2)18-5-6-19-13/h9-10,13,15H,5-7H2,1-4H3. The number of hydrogen-bond donors (Lipinski definition) is 1. The molecule has 2 heterocycles. The van der Waals surface area contributed by atoms with Gasteiger partial charge in [-0.1, -0.05) is 6.92 Å². The second kappa shape index (κ2) is 6.87. The molecule has 3 unspecified atom stereocenters. The molecule has 2 rings (SSSR count). The lowest BCUT2D eigenvalue weighted by Crippen LogP contribution is -2.44. The van der Waals surface area contributed by atoms with Crippen LogP contribution in [0.5, 0.6) is 0 Å². The molecule has 1 saturated heterocycles. The van der Waals surface area contributed by atoms with Crippen LogP contribution in [-0.2, 0) is 13.5 Å². The van der Waals surface area contributed by atoms with E-state index in [1.165, 1.54) is 17.2 Å². The summed E-state index contributed by atoms with van der Waals surface area (Å²) in [7, 11) is 4.11. The summed E-state index contributed by atoms with van der Waals surface area (Å²) in [6.45, 7) is 4.41. The van der Waals surface area contributed by atoms with Gasteiger partial charge in [0.25, 0.3) is 0 Å². The van der Waals surface area contributed by atoms with Crippen molar-refractivity contribution >= 4 is 39.5 Å². The van der Waals surface area contributed by atoms with Gasteiger partial charge in [0.2, 0.25) is 0 Å². The minimum Gasteiger partial charge on any atom is -0.315 e. The molecule has 0 aromatic carbocycles. The zero-order valence-corrected chi connectivity index (χ0v) is 15.2. The lowest BCUT2D eigenvalue weighted by molar-refractivity contribution is 0.512. The summed E-state index contributed by atoms with van der Waals surface area (Å²) in [6, 6.07) is 0.499. The number of thioether (sulfide) groups is 2.